The van der Waals surface area contributed by atoms with Crippen molar-refractivity contribution >= 4 is 11.6 Å². The number of rotatable bonds is 2. The third-order valence-corrected chi connectivity index (χ3v) is 3.38. The zero-order valence-electron chi connectivity index (χ0n) is 9.03. The number of hydrogen-bond donors (Lipinski definition) is 0. The van der Waals surface area contributed by atoms with Crippen molar-refractivity contribution in [3.63, 3.8) is 0 Å². The molecule has 3 nitrogen and oxygen atoms in total. The topological polar surface area (TPSA) is 46.7 Å². The highest BCUT2D eigenvalue weighted by molar-refractivity contribution is 6.22. The first-order valence-corrected chi connectivity index (χ1v) is 5.56. The fraction of sp³-hybridized carbons (Fsp3) is 0.385. The smallest absolute Gasteiger partial charge is 0.198 e. The number of carbonyl (C=O) groups excluding carboxylic acids is 2. The molecular formula is C13H12O3. The minimum atomic E-state index is -0.819. The molecule has 82 valence electrons. The molecule has 0 amide bonds. The number of carbonyl (C=O) groups is 2. The van der Waals surface area contributed by atoms with E-state index in [0.29, 0.717) is 17.5 Å². The van der Waals surface area contributed by atoms with Crippen molar-refractivity contribution in [2.24, 2.45) is 0 Å². The Labute approximate surface area is 93.4 Å². The highest BCUT2D eigenvalue weighted by Gasteiger charge is 2.67. The first kappa shape index (κ1) is 9.73. The fourth-order valence-electron chi connectivity index (χ4n) is 2.55. The molecule has 1 aromatic rings. The molecule has 1 aliphatic heterocycles. The van der Waals surface area contributed by atoms with Gasteiger partial charge in [0.25, 0.3) is 0 Å². The van der Waals surface area contributed by atoms with Crippen LogP contribution < -0.4 is 0 Å². The van der Waals surface area contributed by atoms with Gasteiger partial charge in [-0.3, -0.25) is 9.59 Å². The summed E-state index contributed by atoms with van der Waals surface area (Å²) in [5.74, 6) is -0.0572. The highest BCUT2D eigenvalue weighted by atomic mass is 16.6. The second-order valence-corrected chi connectivity index (χ2v) is 4.38. The molecule has 1 saturated heterocycles. The maximum atomic E-state index is 12.2. The molecule has 0 bridgehead atoms. The molecule has 0 spiro atoms. The van der Waals surface area contributed by atoms with Crippen LogP contribution in [0.4, 0.5) is 0 Å². The van der Waals surface area contributed by atoms with Gasteiger partial charge in [0, 0.05) is 11.1 Å². The van der Waals surface area contributed by atoms with Crippen molar-refractivity contribution in [1.29, 1.82) is 0 Å². The lowest BCUT2D eigenvalue weighted by molar-refractivity contribution is 0.0852. The van der Waals surface area contributed by atoms with Crippen LogP contribution in [0.5, 0.6) is 0 Å². The zero-order chi connectivity index (χ0) is 11.3. The summed E-state index contributed by atoms with van der Waals surface area (Å²) in [6, 6.07) is 6.98. The Balaban J connectivity index is 2.12. The Morgan fingerprint density at radius 1 is 1.25 bits per heavy atom. The number of Topliss-reactive ketones (excluding diaryl/α,β-unsaturated/α-hetero) is 2. The van der Waals surface area contributed by atoms with Crippen LogP contribution in [-0.2, 0) is 4.74 Å². The molecule has 2 aliphatic rings. The van der Waals surface area contributed by atoms with Crippen molar-refractivity contribution in [2.45, 2.75) is 31.5 Å². The lowest BCUT2D eigenvalue weighted by atomic mass is 9.80. The SMILES string of the molecule is CCC[C@]12O[C@H]1C(=O)c1ccccc1C2=O. The second kappa shape index (κ2) is 3.01. The molecule has 3 rings (SSSR count). The van der Waals surface area contributed by atoms with Gasteiger partial charge in [-0.25, -0.2) is 0 Å². The fourth-order valence-corrected chi connectivity index (χ4v) is 2.55. The van der Waals surface area contributed by atoms with Gasteiger partial charge < -0.3 is 4.74 Å². The van der Waals surface area contributed by atoms with Crippen LogP contribution >= 0.6 is 0 Å². The number of benzene rings is 1. The standard InChI is InChI=1S/C13H12O3/c1-2-7-13-11(15)9-6-4-3-5-8(9)10(14)12(13)16-13/h3-6,12H,2,7H2,1H3/t12-,13+/m0/s1. The molecule has 0 radical (unpaired) electrons. The van der Waals surface area contributed by atoms with Gasteiger partial charge in [-0.1, -0.05) is 37.6 Å². The van der Waals surface area contributed by atoms with Crippen molar-refractivity contribution in [3.8, 4) is 0 Å². The first-order chi connectivity index (χ1) is 7.70. The monoisotopic (exact) mass is 216 g/mol. The minimum Gasteiger partial charge on any atom is -0.349 e. The Bertz CT molecular complexity index is 492. The molecular weight excluding hydrogens is 204 g/mol. The van der Waals surface area contributed by atoms with Gasteiger partial charge in [-0.15, -0.1) is 0 Å². The summed E-state index contributed by atoms with van der Waals surface area (Å²) in [5, 5.41) is 0. The van der Waals surface area contributed by atoms with Crippen molar-refractivity contribution in [3.05, 3.63) is 35.4 Å². The van der Waals surface area contributed by atoms with E-state index < -0.39 is 11.7 Å². The van der Waals surface area contributed by atoms with Crippen LogP contribution in [0.3, 0.4) is 0 Å². The van der Waals surface area contributed by atoms with Crippen molar-refractivity contribution in [2.75, 3.05) is 0 Å². The van der Waals surface area contributed by atoms with Crippen LogP contribution in [0.15, 0.2) is 24.3 Å². The van der Waals surface area contributed by atoms with Gasteiger partial charge in [-0.2, -0.15) is 0 Å². The van der Waals surface area contributed by atoms with E-state index in [1.54, 1.807) is 24.3 Å². The molecule has 1 heterocycles. The molecule has 16 heavy (non-hydrogen) atoms. The predicted octanol–water partition coefficient (Wildman–Crippen LogP) is 2.00. The van der Waals surface area contributed by atoms with Crippen LogP contribution in [0.1, 0.15) is 40.5 Å². The van der Waals surface area contributed by atoms with E-state index in [4.69, 9.17) is 4.74 Å². The summed E-state index contributed by atoms with van der Waals surface area (Å²) in [5.41, 5.74) is 0.219. The number of ketones is 2. The largest absolute Gasteiger partial charge is 0.349 e. The van der Waals surface area contributed by atoms with Gasteiger partial charge in [-0.05, 0) is 6.42 Å². The summed E-state index contributed by atoms with van der Waals surface area (Å²) >= 11 is 0. The van der Waals surface area contributed by atoms with Crippen LogP contribution in [0.25, 0.3) is 0 Å². The third-order valence-electron chi connectivity index (χ3n) is 3.38. The van der Waals surface area contributed by atoms with E-state index in [-0.39, 0.29) is 11.6 Å². The summed E-state index contributed by atoms with van der Waals surface area (Å²) in [7, 11) is 0. The molecule has 0 unspecified atom stereocenters. The zero-order valence-corrected chi connectivity index (χ0v) is 9.03. The number of ether oxygens (including phenoxy) is 1. The maximum Gasteiger partial charge on any atom is 0.198 e. The molecule has 0 saturated carbocycles. The van der Waals surface area contributed by atoms with Gasteiger partial charge in [0.05, 0.1) is 0 Å². The Kier molecular flexibility index (Phi) is 1.83. The lowest BCUT2D eigenvalue weighted by Crippen LogP contribution is -2.36. The molecule has 1 aromatic carbocycles. The van der Waals surface area contributed by atoms with Gasteiger partial charge >= 0.3 is 0 Å². The van der Waals surface area contributed by atoms with Crippen LogP contribution in [-0.4, -0.2) is 23.3 Å². The first-order valence-electron chi connectivity index (χ1n) is 5.56. The summed E-state index contributed by atoms with van der Waals surface area (Å²) in [4.78, 5) is 24.2. The predicted molar refractivity (Wildman–Crippen MR) is 57.6 cm³/mol. The quantitative estimate of drug-likeness (QED) is 0.710. The third kappa shape index (κ3) is 1.01. The maximum absolute atomic E-state index is 12.2. The molecule has 1 aliphatic carbocycles. The molecule has 2 atom stereocenters. The number of hydrogen-bond acceptors (Lipinski definition) is 3. The van der Waals surface area contributed by atoms with Crippen LogP contribution in [0, 0.1) is 0 Å². The second-order valence-electron chi connectivity index (χ2n) is 4.38. The Hall–Kier alpha value is -1.48. The normalized spacial score (nSPS) is 30.9. The lowest BCUT2D eigenvalue weighted by Gasteiger charge is -2.17. The Morgan fingerprint density at radius 2 is 1.94 bits per heavy atom. The molecule has 0 N–H and O–H groups in total. The highest BCUT2D eigenvalue weighted by Crippen LogP contribution is 2.48. The molecule has 3 heteroatoms. The van der Waals surface area contributed by atoms with E-state index in [0.717, 1.165) is 6.42 Å². The average Bonchev–Trinajstić information content (AvgIpc) is 3.03. The summed E-state index contributed by atoms with van der Waals surface area (Å²) in [6.07, 6.45) is 0.962. The van der Waals surface area contributed by atoms with Gasteiger partial charge in [0.2, 0.25) is 0 Å². The average molecular weight is 216 g/mol. The summed E-state index contributed by atoms with van der Waals surface area (Å²) < 4.78 is 5.41. The Morgan fingerprint density at radius 3 is 2.62 bits per heavy atom. The van der Waals surface area contributed by atoms with E-state index in [1.165, 1.54) is 0 Å². The van der Waals surface area contributed by atoms with Gasteiger partial charge in [0.15, 0.2) is 23.3 Å². The molecule has 1 fully saturated rings. The summed E-state index contributed by atoms with van der Waals surface area (Å²) in [6.45, 7) is 1.99. The number of epoxide rings is 1. The van der Waals surface area contributed by atoms with E-state index >= 15 is 0 Å². The van der Waals surface area contributed by atoms with E-state index in [1.807, 2.05) is 6.92 Å². The van der Waals surface area contributed by atoms with Gasteiger partial charge in [0.1, 0.15) is 0 Å². The van der Waals surface area contributed by atoms with E-state index in [9.17, 15) is 9.59 Å². The number of fused-ring (bicyclic) bond motifs is 2. The van der Waals surface area contributed by atoms with E-state index in [2.05, 4.69) is 0 Å². The van der Waals surface area contributed by atoms with Crippen LogP contribution in [0.2, 0.25) is 0 Å². The minimum absolute atomic E-state index is 0.0189. The van der Waals surface area contributed by atoms with Crippen molar-refractivity contribution in [1.82, 2.24) is 0 Å². The molecule has 0 aromatic heterocycles. The van der Waals surface area contributed by atoms with Crippen molar-refractivity contribution < 1.29 is 14.3 Å².